The van der Waals surface area contributed by atoms with E-state index in [-0.39, 0.29) is 0 Å². The highest BCUT2D eigenvalue weighted by Gasteiger charge is 2.13. The summed E-state index contributed by atoms with van der Waals surface area (Å²) in [6, 6.07) is 0. The smallest absolute Gasteiger partial charge is 0.0712 e. The van der Waals surface area contributed by atoms with Crippen LogP contribution in [0.2, 0.25) is 0 Å². The number of hydrogen-bond acceptors (Lipinski definition) is 4. The maximum Gasteiger partial charge on any atom is 0.0712 e. The molecule has 0 amide bonds. The Morgan fingerprint density at radius 1 is 1.21 bits per heavy atom. The molecule has 0 aliphatic carbocycles. The van der Waals surface area contributed by atoms with Gasteiger partial charge in [-0.05, 0) is 19.4 Å². The molecule has 1 aliphatic rings. The summed E-state index contributed by atoms with van der Waals surface area (Å²) in [5, 5.41) is 3.26. The van der Waals surface area contributed by atoms with Gasteiger partial charge in [0.2, 0.25) is 0 Å². The second kappa shape index (κ2) is 8.17. The molecule has 1 atom stereocenters. The third-order valence-corrected chi connectivity index (χ3v) is 2.23. The first-order valence-electron chi connectivity index (χ1n) is 5.32. The van der Waals surface area contributed by atoms with Crippen LogP contribution in [0.25, 0.3) is 0 Å². The molecular weight excluding hydrogens is 182 g/mol. The number of hydrogen-bond donors (Lipinski definition) is 1. The van der Waals surface area contributed by atoms with E-state index in [1.54, 1.807) is 7.11 Å². The van der Waals surface area contributed by atoms with Crippen molar-refractivity contribution < 1.29 is 14.2 Å². The number of nitrogens with one attached hydrogen (secondary N) is 1. The minimum atomic E-state index is 0.401. The van der Waals surface area contributed by atoms with Gasteiger partial charge in [-0.1, -0.05) is 0 Å². The summed E-state index contributed by atoms with van der Waals surface area (Å²) in [5.74, 6) is 0. The Bertz CT molecular complexity index is 127. The van der Waals surface area contributed by atoms with E-state index in [9.17, 15) is 0 Å². The molecule has 84 valence electrons. The highest BCUT2D eigenvalue weighted by Crippen LogP contribution is 2.02. The minimum absolute atomic E-state index is 0.401. The summed E-state index contributed by atoms with van der Waals surface area (Å²) in [4.78, 5) is 0. The predicted octanol–water partition coefficient (Wildman–Crippen LogP) is 0.418. The zero-order valence-electron chi connectivity index (χ0n) is 8.96. The molecule has 14 heavy (non-hydrogen) atoms. The lowest BCUT2D eigenvalue weighted by Gasteiger charge is -2.10. The fourth-order valence-corrected chi connectivity index (χ4v) is 1.45. The second-order valence-corrected chi connectivity index (χ2v) is 3.44. The van der Waals surface area contributed by atoms with Crippen LogP contribution < -0.4 is 5.32 Å². The maximum atomic E-state index is 5.59. The molecule has 1 N–H and O–H groups in total. The van der Waals surface area contributed by atoms with Gasteiger partial charge in [0, 0.05) is 26.9 Å². The molecule has 1 rings (SSSR count). The van der Waals surface area contributed by atoms with Crippen LogP contribution in [0, 0.1) is 0 Å². The average molecular weight is 203 g/mol. The van der Waals surface area contributed by atoms with Crippen LogP contribution in [0.5, 0.6) is 0 Å². The summed E-state index contributed by atoms with van der Waals surface area (Å²) < 4.78 is 15.9. The predicted molar refractivity (Wildman–Crippen MR) is 54.5 cm³/mol. The summed E-state index contributed by atoms with van der Waals surface area (Å²) in [7, 11) is 1.70. The van der Waals surface area contributed by atoms with Crippen molar-refractivity contribution in [3.63, 3.8) is 0 Å². The molecule has 0 radical (unpaired) electrons. The fourth-order valence-electron chi connectivity index (χ4n) is 1.45. The third-order valence-electron chi connectivity index (χ3n) is 2.23. The van der Waals surface area contributed by atoms with Crippen LogP contribution >= 0.6 is 0 Å². The van der Waals surface area contributed by atoms with Gasteiger partial charge in [-0.25, -0.2) is 0 Å². The molecule has 0 aromatic heterocycles. The first-order valence-corrected chi connectivity index (χ1v) is 5.32. The summed E-state index contributed by atoms with van der Waals surface area (Å²) in [6.07, 6.45) is 2.49. The molecule has 0 aromatic rings. The Labute approximate surface area is 85.9 Å². The Kier molecular flexibility index (Phi) is 6.95. The highest BCUT2D eigenvalue weighted by molar-refractivity contribution is 4.70. The van der Waals surface area contributed by atoms with E-state index in [0.29, 0.717) is 19.3 Å². The molecule has 0 saturated carbocycles. The molecule has 1 heterocycles. The average Bonchev–Trinajstić information content (AvgIpc) is 2.69. The van der Waals surface area contributed by atoms with Gasteiger partial charge in [0.1, 0.15) is 0 Å². The SMILES string of the molecule is COCCCOCCOC1CCNC1. The van der Waals surface area contributed by atoms with Crippen molar-refractivity contribution in [1.82, 2.24) is 5.32 Å². The molecular formula is C10H21NO3. The number of ether oxygens (including phenoxy) is 3. The first kappa shape index (κ1) is 11.9. The van der Waals surface area contributed by atoms with Crippen LogP contribution in [0.4, 0.5) is 0 Å². The lowest BCUT2D eigenvalue weighted by molar-refractivity contribution is 0.00911. The van der Waals surface area contributed by atoms with Gasteiger partial charge < -0.3 is 19.5 Å². The van der Waals surface area contributed by atoms with E-state index in [2.05, 4.69) is 5.32 Å². The lowest BCUT2D eigenvalue weighted by Crippen LogP contribution is -2.19. The Hall–Kier alpha value is -0.160. The molecule has 0 aromatic carbocycles. The zero-order valence-corrected chi connectivity index (χ0v) is 8.96. The van der Waals surface area contributed by atoms with Crippen LogP contribution in [-0.2, 0) is 14.2 Å². The largest absolute Gasteiger partial charge is 0.385 e. The van der Waals surface area contributed by atoms with Crippen molar-refractivity contribution in [3.05, 3.63) is 0 Å². The van der Waals surface area contributed by atoms with E-state index in [1.807, 2.05) is 0 Å². The van der Waals surface area contributed by atoms with Crippen molar-refractivity contribution >= 4 is 0 Å². The number of methoxy groups -OCH3 is 1. The minimum Gasteiger partial charge on any atom is -0.385 e. The highest BCUT2D eigenvalue weighted by atomic mass is 16.5. The summed E-state index contributed by atoms with van der Waals surface area (Å²) in [5.41, 5.74) is 0. The van der Waals surface area contributed by atoms with Crippen LogP contribution in [0.1, 0.15) is 12.8 Å². The van der Waals surface area contributed by atoms with Crippen LogP contribution in [0.3, 0.4) is 0 Å². The number of rotatable bonds is 8. The molecule has 1 fully saturated rings. The van der Waals surface area contributed by atoms with E-state index >= 15 is 0 Å². The van der Waals surface area contributed by atoms with Gasteiger partial charge in [-0.2, -0.15) is 0 Å². The maximum absolute atomic E-state index is 5.59. The Morgan fingerprint density at radius 3 is 2.86 bits per heavy atom. The Morgan fingerprint density at radius 2 is 2.14 bits per heavy atom. The van der Waals surface area contributed by atoms with Crippen LogP contribution in [-0.4, -0.2) is 52.7 Å². The molecule has 0 spiro atoms. The molecule has 1 unspecified atom stereocenters. The quantitative estimate of drug-likeness (QED) is 0.580. The van der Waals surface area contributed by atoms with E-state index in [4.69, 9.17) is 14.2 Å². The fraction of sp³-hybridized carbons (Fsp3) is 1.00. The van der Waals surface area contributed by atoms with Gasteiger partial charge in [0.25, 0.3) is 0 Å². The van der Waals surface area contributed by atoms with Gasteiger partial charge in [-0.3, -0.25) is 0 Å². The van der Waals surface area contributed by atoms with Crippen molar-refractivity contribution in [3.8, 4) is 0 Å². The van der Waals surface area contributed by atoms with E-state index in [0.717, 1.165) is 39.1 Å². The van der Waals surface area contributed by atoms with Crippen molar-refractivity contribution in [2.24, 2.45) is 0 Å². The molecule has 4 nitrogen and oxygen atoms in total. The standard InChI is InChI=1S/C10H21NO3/c1-12-5-2-6-13-7-8-14-10-3-4-11-9-10/h10-11H,2-9H2,1H3. The third kappa shape index (κ3) is 5.54. The monoisotopic (exact) mass is 203 g/mol. The molecule has 1 saturated heterocycles. The summed E-state index contributed by atoms with van der Waals surface area (Å²) in [6.45, 7) is 5.01. The van der Waals surface area contributed by atoms with Gasteiger partial charge in [0.05, 0.1) is 19.3 Å². The van der Waals surface area contributed by atoms with Gasteiger partial charge in [0.15, 0.2) is 0 Å². The first-order chi connectivity index (χ1) is 6.93. The summed E-state index contributed by atoms with van der Waals surface area (Å²) >= 11 is 0. The topological polar surface area (TPSA) is 39.7 Å². The normalized spacial score (nSPS) is 21.6. The van der Waals surface area contributed by atoms with Crippen molar-refractivity contribution in [2.45, 2.75) is 18.9 Å². The van der Waals surface area contributed by atoms with Crippen molar-refractivity contribution in [2.75, 3.05) is 46.6 Å². The van der Waals surface area contributed by atoms with E-state index in [1.165, 1.54) is 0 Å². The van der Waals surface area contributed by atoms with Gasteiger partial charge in [-0.15, -0.1) is 0 Å². The molecule has 1 aliphatic heterocycles. The van der Waals surface area contributed by atoms with E-state index < -0.39 is 0 Å². The van der Waals surface area contributed by atoms with Gasteiger partial charge >= 0.3 is 0 Å². The molecule has 4 heteroatoms. The lowest BCUT2D eigenvalue weighted by atomic mass is 10.3. The van der Waals surface area contributed by atoms with Crippen molar-refractivity contribution in [1.29, 1.82) is 0 Å². The zero-order chi connectivity index (χ0) is 10.1. The Balaban J connectivity index is 1.75. The molecule has 0 bridgehead atoms. The second-order valence-electron chi connectivity index (χ2n) is 3.44. The van der Waals surface area contributed by atoms with Crippen LogP contribution in [0.15, 0.2) is 0 Å².